The minimum Gasteiger partial charge on any atom is -0.368 e. The molecular formula is C20H21N7. The van der Waals surface area contributed by atoms with Crippen LogP contribution in [0.25, 0.3) is 16.4 Å². The Hall–Kier alpha value is -3.22. The van der Waals surface area contributed by atoms with Gasteiger partial charge in [0.2, 0.25) is 5.65 Å². The molecule has 7 nitrogen and oxygen atoms in total. The molecule has 0 bridgehead atoms. The van der Waals surface area contributed by atoms with E-state index in [-0.39, 0.29) is 0 Å². The van der Waals surface area contributed by atoms with Gasteiger partial charge in [-0.15, -0.1) is 14.8 Å². The fourth-order valence-electron chi connectivity index (χ4n) is 3.88. The lowest BCUT2D eigenvalue weighted by molar-refractivity contribution is 0.635. The molecule has 4 aromatic rings. The molecule has 27 heavy (non-hydrogen) atoms. The van der Waals surface area contributed by atoms with Crippen LogP contribution in [0.15, 0.2) is 42.5 Å². The summed E-state index contributed by atoms with van der Waals surface area (Å²) in [5, 5.41) is 18.7. The molecule has 2 aromatic heterocycles. The van der Waals surface area contributed by atoms with Gasteiger partial charge in [-0.25, -0.2) is 0 Å². The molecule has 0 atom stereocenters. The Morgan fingerprint density at radius 3 is 2.41 bits per heavy atom. The average molecular weight is 359 g/mol. The minimum absolute atomic E-state index is 0.698. The second-order valence-corrected chi connectivity index (χ2v) is 7.13. The van der Waals surface area contributed by atoms with E-state index < -0.39 is 0 Å². The molecule has 0 unspecified atom stereocenters. The van der Waals surface area contributed by atoms with Gasteiger partial charge in [0, 0.05) is 42.6 Å². The molecule has 0 amide bonds. The number of aryl methyl sites for hydroxylation is 2. The average Bonchev–Trinajstić information content (AvgIpc) is 3.18. The normalized spacial score (nSPS) is 15.0. The summed E-state index contributed by atoms with van der Waals surface area (Å²) >= 11 is 0. The smallest absolute Gasteiger partial charge is 0.207 e. The maximum absolute atomic E-state index is 4.70. The molecule has 0 aliphatic carbocycles. The summed E-state index contributed by atoms with van der Waals surface area (Å²) in [4.78, 5) is 4.81. The zero-order valence-corrected chi connectivity index (χ0v) is 15.5. The van der Waals surface area contributed by atoms with Crippen LogP contribution in [-0.4, -0.2) is 51.4 Å². The van der Waals surface area contributed by atoms with Gasteiger partial charge >= 0.3 is 0 Å². The third kappa shape index (κ3) is 2.66. The van der Waals surface area contributed by atoms with Crippen molar-refractivity contribution in [2.75, 3.05) is 36.0 Å². The predicted octanol–water partition coefficient (Wildman–Crippen LogP) is 2.62. The molecule has 1 aliphatic rings. The van der Waals surface area contributed by atoms with Crippen LogP contribution >= 0.6 is 0 Å². The molecule has 0 spiro atoms. The zero-order chi connectivity index (χ0) is 18.4. The maximum Gasteiger partial charge on any atom is 0.207 e. The highest BCUT2D eigenvalue weighted by molar-refractivity contribution is 6.00. The highest BCUT2D eigenvalue weighted by Gasteiger charge is 2.22. The fraction of sp³-hybridized carbons (Fsp3) is 0.300. The summed E-state index contributed by atoms with van der Waals surface area (Å²) in [7, 11) is 0. The summed E-state index contributed by atoms with van der Waals surface area (Å²) in [6, 6.07) is 14.9. The van der Waals surface area contributed by atoms with Gasteiger partial charge in [0.05, 0.1) is 0 Å². The summed E-state index contributed by atoms with van der Waals surface area (Å²) < 4.78 is 1.54. The third-order valence-electron chi connectivity index (χ3n) is 5.34. The molecule has 1 fully saturated rings. The lowest BCUT2D eigenvalue weighted by atomic mass is 10.1. The second-order valence-electron chi connectivity index (χ2n) is 7.13. The Morgan fingerprint density at radius 1 is 0.852 bits per heavy atom. The number of anilines is 2. The predicted molar refractivity (Wildman–Crippen MR) is 106 cm³/mol. The Morgan fingerprint density at radius 2 is 1.59 bits per heavy atom. The monoisotopic (exact) mass is 359 g/mol. The van der Waals surface area contributed by atoms with Crippen LogP contribution in [-0.2, 0) is 0 Å². The van der Waals surface area contributed by atoms with Crippen molar-refractivity contribution >= 4 is 27.9 Å². The van der Waals surface area contributed by atoms with E-state index in [9.17, 15) is 0 Å². The first-order valence-corrected chi connectivity index (χ1v) is 9.25. The van der Waals surface area contributed by atoms with Crippen LogP contribution in [0.2, 0.25) is 0 Å². The van der Waals surface area contributed by atoms with E-state index in [0.717, 1.165) is 42.8 Å². The highest BCUT2D eigenvalue weighted by atomic mass is 15.6. The van der Waals surface area contributed by atoms with Gasteiger partial charge in [-0.3, -0.25) is 0 Å². The number of piperazine rings is 1. The molecule has 3 heterocycles. The number of benzene rings is 2. The van der Waals surface area contributed by atoms with Crippen molar-refractivity contribution in [1.29, 1.82) is 0 Å². The largest absolute Gasteiger partial charge is 0.368 e. The second kappa shape index (κ2) is 6.19. The van der Waals surface area contributed by atoms with Gasteiger partial charge in [-0.1, -0.05) is 36.4 Å². The van der Waals surface area contributed by atoms with Crippen molar-refractivity contribution in [3.63, 3.8) is 0 Å². The van der Waals surface area contributed by atoms with Crippen LogP contribution in [0.1, 0.15) is 11.1 Å². The van der Waals surface area contributed by atoms with E-state index in [2.05, 4.69) is 69.5 Å². The van der Waals surface area contributed by atoms with Gasteiger partial charge in [0.25, 0.3) is 0 Å². The molecule has 5 rings (SSSR count). The molecule has 1 aliphatic heterocycles. The van der Waals surface area contributed by atoms with E-state index in [0.29, 0.717) is 5.65 Å². The number of hydrogen-bond donors (Lipinski definition) is 0. The SMILES string of the molecule is Cc1ccc(C)c(N2CCN(c3nn4nnnc4c4ccccc34)CC2)c1. The van der Waals surface area contributed by atoms with Crippen LogP contribution in [0, 0.1) is 13.8 Å². The molecule has 0 radical (unpaired) electrons. The van der Waals surface area contributed by atoms with Crippen LogP contribution in [0.4, 0.5) is 11.5 Å². The van der Waals surface area contributed by atoms with Crippen molar-refractivity contribution < 1.29 is 0 Å². The molecule has 0 saturated carbocycles. The number of tetrazole rings is 1. The molecule has 2 aromatic carbocycles. The van der Waals surface area contributed by atoms with E-state index in [1.54, 1.807) is 0 Å². The van der Waals surface area contributed by atoms with Crippen molar-refractivity contribution in [2.24, 2.45) is 0 Å². The minimum atomic E-state index is 0.698. The topological polar surface area (TPSA) is 62.5 Å². The van der Waals surface area contributed by atoms with Crippen LogP contribution < -0.4 is 9.80 Å². The zero-order valence-electron chi connectivity index (χ0n) is 15.5. The Balaban J connectivity index is 1.48. The van der Waals surface area contributed by atoms with Crippen LogP contribution in [0.5, 0.6) is 0 Å². The quantitative estimate of drug-likeness (QED) is 0.548. The van der Waals surface area contributed by atoms with Gasteiger partial charge < -0.3 is 9.80 Å². The van der Waals surface area contributed by atoms with Gasteiger partial charge in [0.1, 0.15) is 0 Å². The first kappa shape index (κ1) is 16.0. The summed E-state index contributed by atoms with van der Waals surface area (Å²) in [6.45, 7) is 8.09. The molecule has 0 N–H and O–H groups in total. The third-order valence-corrected chi connectivity index (χ3v) is 5.34. The summed E-state index contributed by atoms with van der Waals surface area (Å²) in [5.74, 6) is 0.950. The van der Waals surface area contributed by atoms with Gasteiger partial charge in [0.15, 0.2) is 5.82 Å². The van der Waals surface area contributed by atoms with E-state index in [1.165, 1.54) is 21.4 Å². The lowest BCUT2D eigenvalue weighted by Gasteiger charge is -2.37. The highest BCUT2D eigenvalue weighted by Crippen LogP contribution is 2.29. The molecule has 136 valence electrons. The summed E-state index contributed by atoms with van der Waals surface area (Å²) in [5.41, 5.74) is 4.66. The Kier molecular flexibility index (Phi) is 3.67. The number of fused-ring (bicyclic) bond motifs is 3. The molecule has 1 saturated heterocycles. The first-order valence-electron chi connectivity index (χ1n) is 9.25. The standard InChI is InChI=1S/C20H21N7/c1-14-7-8-15(2)18(13-14)25-9-11-26(12-10-25)20-17-6-4-3-5-16(17)19-21-23-24-27(19)22-20/h3-8,13H,9-12H2,1-2H3. The van der Waals surface area contributed by atoms with E-state index >= 15 is 0 Å². The van der Waals surface area contributed by atoms with Crippen molar-refractivity contribution in [2.45, 2.75) is 13.8 Å². The van der Waals surface area contributed by atoms with Crippen molar-refractivity contribution in [3.8, 4) is 0 Å². The number of nitrogens with zero attached hydrogens (tertiary/aromatic N) is 7. The summed E-state index contributed by atoms with van der Waals surface area (Å²) in [6.07, 6.45) is 0. The maximum atomic E-state index is 4.70. The van der Waals surface area contributed by atoms with Gasteiger partial charge in [-0.05, 0) is 41.5 Å². The first-order chi connectivity index (χ1) is 13.2. The van der Waals surface area contributed by atoms with Crippen LogP contribution in [0.3, 0.4) is 0 Å². The lowest BCUT2D eigenvalue weighted by Crippen LogP contribution is -2.47. The van der Waals surface area contributed by atoms with Crippen molar-refractivity contribution in [3.05, 3.63) is 53.6 Å². The van der Waals surface area contributed by atoms with Gasteiger partial charge in [-0.2, -0.15) is 0 Å². The van der Waals surface area contributed by atoms with E-state index in [4.69, 9.17) is 5.10 Å². The molecule has 7 heteroatoms. The Bertz CT molecular complexity index is 1130. The Labute approximate surface area is 157 Å². The molecular weight excluding hydrogens is 338 g/mol. The number of aromatic nitrogens is 5. The number of hydrogen-bond acceptors (Lipinski definition) is 6. The van der Waals surface area contributed by atoms with E-state index in [1.807, 2.05) is 12.1 Å². The number of rotatable bonds is 2. The van der Waals surface area contributed by atoms with Crippen molar-refractivity contribution in [1.82, 2.24) is 25.3 Å². The fourth-order valence-corrected chi connectivity index (χ4v) is 3.88.